The van der Waals surface area contributed by atoms with E-state index in [1.54, 1.807) is 25.1 Å². The Morgan fingerprint density at radius 1 is 1.13 bits per heavy atom. The number of sulfonamides is 1. The summed E-state index contributed by atoms with van der Waals surface area (Å²) in [4.78, 5) is 27.2. The molecule has 0 saturated heterocycles. The van der Waals surface area contributed by atoms with Crippen molar-refractivity contribution >= 4 is 44.4 Å². The molecule has 1 aliphatic heterocycles. The van der Waals surface area contributed by atoms with E-state index < -0.39 is 21.7 Å². The minimum absolute atomic E-state index is 0.0371. The number of rotatable bonds is 6. The van der Waals surface area contributed by atoms with E-state index in [9.17, 15) is 23.1 Å². The molecule has 1 aromatic rings. The maximum absolute atomic E-state index is 12.9. The fraction of sp³-hybridized carbons (Fsp3) is 0.350. The van der Waals surface area contributed by atoms with E-state index in [2.05, 4.69) is 9.82 Å². The monoisotopic (exact) mass is 432 g/mol. The van der Waals surface area contributed by atoms with Crippen molar-refractivity contribution in [2.75, 3.05) is 36.0 Å². The first kappa shape index (κ1) is 21.6. The number of hydrogen-bond acceptors (Lipinski definition) is 7. The third kappa shape index (κ3) is 3.58. The number of aliphatic hydroxyl groups is 1. The van der Waals surface area contributed by atoms with E-state index in [1.807, 2.05) is 18.7 Å². The molecule has 3 rings (SSSR count). The van der Waals surface area contributed by atoms with Crippen molar-refractivity contribution in [2.45, 2.75) is 20.8 Å². The number of aliphatic hydroxyl groups excluding tert-OH is 1. The molecule has 0 aromatic heterocycles. The number of likely N-dealkylation sites (N-methyl/N-ethyl adjacent to an activating group) is 1. The Morgan fingerprint density at radius 2 is 1.77 bits per heavy atom. The number of nitrogens with zero attached hydrogens (tertiary/aromatic N) is 3. The molecule has 0 atom stereocenters. The van der Waals surface area contributed by atoms with Crippen molar-refractivity contribution in [3.8, 4) is 0 Å². The second-order valence-corrected chi connectivity index (χ2v) is 8.84. The number of hydrogen-bond donors (Lipinski definition) is 2. The van der Waals surface area contributed by atoms with Gasteiger partial charge in [-0.3, -0.25) is 14.3 Å². The molecule has 0 unspecified atom stereocenters. The molecule has 10 heteroatoms. The quantitative estimate of drug-likeness (QED) is 0.663. The van der Waals surface area contributed by atoms with Crippen LogP contribution in [0.3, 0.4) is 0 Å². The second-order valence-electron chi connectivity index (χ2n) is 7.09. The van der Waals surface area contributed by atoms with Crippen molar-refractivity contribution in [1.29, 1.82) is 0 Å². The van der Waals surface area contributed by atoms with Crippen molar-refractivity contribution < 1.29 is 23.1 Å². The highest BCUT2D eigenvalue weighted by Gasteiger charge is 2.43. The molecule has 0 fully saturated rings. The van der Waals surface area contributed by atoms with Gasteiger partial charge in [-0.2, -0.15) is 5.10 Å². The van der Waals surface area contributed by atoms with Crippen LogP contribution in [0.1, 0.15) is 26.3 Å². The molecular formula is C20H24N4O5S. The maximum Gasteiger partial charge on any atom is 0.276 e. The lowest BCUT2D eigenvalue weighted by Crippen LogP contribution is -2.29. The Bertz CT molecular complexity index is 1140. The smallest absolute Gasteiger partial charge is 0.276 e. The number of amides is 1. The lowest BCUT2D eigenvalue weighted by atomic mass is 9.79. The Kier molecular flexibility index (Phi) is 5.46. The summed E-state index contributed by atoms with van der Waals surface area (Å²) in [5.74, 6) is -1.36. The van der Waals surface area contributed by atoms with Crippen molar-refractivity contribution in [2.24, 2.45) is 5.10 Å². The molecule has 0 spiro atoms. The Hall–Kier alpha value is -3.14. The number of benzene rings is 1. The van der Waals surface area contributed by atoms with Gasteiger partial charge in [-0.25, -0.2) is 13.4 Å². The average Bonchev–Trinajstić information content (AvgIpc) is 2.90. The molecule has 2 N–H and O–H groups in total. The fourth-order valence-corrected chi connectivity index (χ4v) is 4.20. The van der Waals surface area contributed by atoms with Crippen LogP contribution < -0.4 is 9.62 Å². The summed E-state index contributed by atoms with van der Waals surface area (Å²) >= 11 is 0. The predicted molar refractivity (Wildman–Crippen MR) is 116 cm³/mol. The van der Waals surface area contributed by atoms with Crippen LogP contribution in [0.4, 0.5) is 11.4 Å². The lowest BCUT2D eigenvalue weighted by Gasteiger charge is -2.27. The van der Waals surface area contributed by atoms with Gasteiger partial charge in [0, 0.05) is 31.4 Å². The van der Waals surface area contributed by atoms with Crippen LogP contribution >= 0.6 is 0 Å². The van der Waals surface area contributed by atoms with E-state index in [0.29, 0.717) is 18.8 Å². The zero-order valence-corrected chi connectivity index (χ0v) is 18.3. The van der Waals surface area contributed by atoms with Gasteiger partial charge in [0.15, 0.2) is 0 Å². The molecule has 30 heavy (non-hydrogen) atoms. The van der Waals surface area contributed by atoms with E-state index in [1.165, 1.54) is 7.05 Å². The average molecular weight is 433 g/mol. The maximum atomic E-state index is 12.9. The first-order valence-electron chi connectivity index (χ1n) is 9.43. The number of carbonyl (C=O) groups is 2. The number of Topliss-reactive ketones (excluding diaryl/α,β-unsaturated/α-hetero) is 1. The van der Waals surface area contributed by atoms with E-state index in [-0.39, 0.29) is 33.7 Å². The minimum Gasteiger partial charge on any atom is -0.506 e. The fourth-order valence-electron chi connectivity index (χ4n) is 3.63. The van der Waals surface area contributed by atoms with Crippen LogP contribution in [0.25, 0.3) is 5.57 Å². The van der Waals surface area contributed by atoms with Crippen LogP contribution in [0.15, 0.2) is 40.2 Å². The van der Waals surface area contributed by atoms with Gasteiger partial charge < -0.3 is 10.0 Å². The third-order valence-electron chi connectivity index (χ3n) is 5.04. The molecule has 2 aliphatic rings. The molecule has 1 aliphatic carbocycles. The molecule has 0 radical (unpaired) electrons. The largest absolute Gasteiger partial charge is 0.506 e. The first-order chi connectivity index (χ1) is 14.0. The van der Waals surface area contributed by atoms with Crippen LogP contribution in [0.2, 0.25) is 0 Å². The van der Waals surface area contributed by atoms with Crippen LogP contribution in [-0.4, -0.2) is 62.3 Å². The third-order valence-corrected chi connectivity index (χ3v) is 5.63. The highest BCUT2D eigenvalue weighted by Crippen LogP contribution is 2.42. The molecule has 9 nitrogen and oxygen atoms in total. The number of allylic oxidation sites excluding steroid dienone is 2. The Labute approximate surface area is 175 Å². The zero-order valence-electron chi connectivity index (χ0n) is 17.5. The summed E-state index contributed by atoms with van der Waals surface area (Å²) in [6.45, 7) is 6.96. The molecule has 1 aromatic carbocycles. The first-order valence-corrected chi connectivity index (χ1v) is 11.3. The molecule has 1 heterocycles. The number of nitrogens with one attached hydrogen (secondary N) is 1. The van der Waals surface area contributed by atoms with Gasteiger partial charge in [0.1, 0.15) is 5.76 Å². The van der Waals surface area contributed by atoms with Gasteiger partial charge in [-0.05, 0) is 39.0 Å². The van der Waals surface area contributed by atoms with E-state index in [4.69, 9.17) is 0 Å². The number of anilines is 2. The SMILES string of the molecule is CCN(CC)c1ccc(C2=C(O)C(=C3C(=O)N(C)N=C3C)C2=O)c(NS(C)(=O)=O)c1. The van der Waals surface area contributed by atoms with Gasteiger partial charge in [-0.1, -0.05) is 0 Å². The highest BCUT2D eigenvalue weighted by atomic mass is 32.2. The van der Waals surface area contributed by atoms with Gasteiger partial charge in [0.05, 0.1) is 34.4 Å². The molecular weight excluding hydrogens is 408 g/mol. The molecule has 1 amide bonds. The van der Waals surface area contributed by atoms with Gasteiger partial charge in [0.25, 0.3) is 5.91 Å². The van der Waals surface area contributed by atoms with E-state index in [0.717, 1.165) is 17.0 Å². The number of ketones is 1. The van der Waals surface area contributed by atoms with Gasteiger partial charge >= 0.3 is 0 Å². The summed E-state index contributed by atoms with van der Waals surface area (Å²) < 4.78 is 26.2. The summed E-state index contributed by atoms with van der Waals surface area (Å²) in [6, 6.07) is 4.98. The van der Waals surface area contributed by atoms with Crippen molar-refractivity contribution in [1.82, 2.24) is 5.01 Å². The second kappa shape index (κ2) is 7.60. The summed E-state index contributed by atoms with van der Waals surface area (Å²) in [5, 5.41) is 15.8. The number of hydrazone groups is 1. The Balaban J connectivity index is 2.16. The topological polar surface area (TPSA) is 119 Å². The van der Waals surface area contributed by atoms with E-state index >= 15 is 0 Å². The van der Waals surface area contributed by atoms with Crippen LogP contribution in [0.5, 0.6) is 0 Å². The predicted octanol–water partition coefficient (Wildman–Crippen LogP) is 1.90. The number of carbonyl (C=O) groups excluding carboxylic acids is 2. The van der Waals surface area contributed by atoms with Crippen LogP contribution in [0, 0.1) is 0 Å². The minimum atomic E-state index is -3.64. The summed E-state index contributed by atoms with van der Waals surface area (Å²) in [6.07, 6.45) is 1.01. The van der Waals surface area contributed by atoms with Crippen LogP contribution in [-0.2, 0) is 19.6 Å². The zero-order chi connectivity index (χ0) is 22.4. The van der Waals surface area contributed by atoms with Crippen molar-refractivity contribution in [3.63, 3.8) is 0 Å². The Morgan fingerprint density at radius 3 is 2.23 bits per heavy atom. The molecule has 0 saturated carbocycles. The molecule has 0 bridgehead atoms. The summed E-state index contributed by atoms with van der Waals surface area (Å²) in [7, 11) is -2.18. The highest BCUT2D eigenvalue weighted by molar-refractivity contribution is 7.92. The lowest BCUT2D eigenvalue weighted by molar-refractivity contribution is -0.125. The molecule has 160 valence electrons. The summed E-state index contributed by atoms with van der Waals surface area (Å²) in [5.41, 5.74) is 1.46. The van der Waals surface area contributed by atoms with Crippen molar-refractivity contribution in [3.05, 3.63) is 40.7 Å². The van der Waals surface area contributed by atoms with Gasteiger partial charge in [-0.15, -0.1) is 0 Å². The van der Waals surface area contributed by atoms with Gasteiger partial charge in [0.2, 0.25) is 15.8 Å². The normalized spacial score (nSPS) is 19.2. The standard InChI is InChI=1S/C20H24N4O5S/c1-6-24(7-2)12-8-9-13(14(10-12)22-30(5,28)29)16-18(25)17(19(16)26)15-11(3)21-23(4)20(15)27/h8-10,22,25H,6-7H2,1-5H3.